The second kappa shape index (κ2) is 10.1. The van der Waals surface area contributed by atoms with Crippen molar-refractivity contribution in [3.8, 4) is 0 Å². The topological polar surface area (TPSA) is 48.9 Å². The molecule has 1 heterocycles. The Morgan fingerprint density at radius 2 is 2.09 bits per heavy atom. The van der Waals surface area contributed by atoms with E-state index in [2.05, 4.69) is 29.5 Å². The largest absolute Gasteiger partial charge is 0.381 e. The van der Waals surface area contributed by atoms with Gasteiger partial charge < -0.3 is 20.3 Å². The maximum absolute atomic E-state index is 5.66. The highest BCUT2D eigenvalue weighted by atomic mass is 16.5. The molecule has 1 saturated heterocycles. The molecular weight excluding hydrogens is 276 g/mol. The van der Waals surface area contributed by atoms with Crippen LogP contribution in [0.5, 0.6) is 0 Å². The summed E-state index contributed by atoms with van der Waals surface area (Å²) in [6.07, 6.45) is 6.39. The van der Waals surface area contributed by atoms with Crippen molar-refractivity contribution in [2.24, 2.45) is 16.8 Å². The zero-order valence-electron chi connectivity index (χ0n) is 14.4. The molecule has 2 N–H and O–H groups in total. The van der Waals surface area contributed by atoms with E-state index in [-0.39, 0.29) is 0 Å². The van der Waals surface area contributed by atoms with Crippen LogP contribution in [0.25, 0.3) is 0 Å². The summed E-state index contributed by atoms with van der Waals surface area (Å²) < 4.78 is 5.66. The van der Waals surface area contributed by atoms with Crippen molar-refractivity contribution in [1.29, 1.82) is 0 Å². The van der Waals surface area contributed by atoms with Crippen molar-refractivity contribution >= 4 is 5.96 Å². The van der Waals surface area contributed by atoms with Gasteiger partial charge in [-0.15, -0.1) is 0 Å². The molecule has 5 nitrogen and oxygen atoms in total. The van der Waals surface area contributed by atoms with E-state index in [1.54, 1.807) is 0 Å². The number of hydrogen-bond acceptors (Lipinski definition) is 3. The van der Waals surface area contributed by atoms with Crippen molar-refractivity contribution in [2.75, 3.05) is 53.0 Å². The van der Waals surface area contributed by atoms with E-state index in [1.807, 2.05) is 0 Å². The van der Waals surface area contributed by atoms with Crippen molar-refractivity contribution < 1.29 is 4.74 Å². The SMILES string of the molecule is CCNC(=NCC1CCCN(C)C1)NCCCOCC1CC1. The molecule has 1 aliphatic carbocycles. The summed E-state index contributed by atoms with van der Waals surface area (Å²) in [5.74, 6) is 2.52. The number of guanidine groups is 1. The monoisotopic (exact) mass is 310 g/mol. The molecule has 5 heteroatoms. The van der Waals surface area contributed by atoms with E-state index >= 15 is 0 Å². The minimum absolute atomic E-state index is 0.705. The molecule has 0 radical (unpaired) electrons. The lowest BCUT2D eigenvalue weighted by Crippen LogP contribution is -2.39. The highest BCUT2D eigenvalue weighted by molar-refractivity contribution is 5.79. The van der Waals surface area contributed by atoms with E-state index in [4.69, 9.17) is 9.73 Å². The van der Waals surface area contributed by atoms with Crippen LogP contribution in [-0.4, -0.2) is 63.8 Å². The summed E-state index contributed by atoms with van der Waals surface area (Å²) in [7, 11) is 2.21. The minimum Gasteiger partial charge on any atom is -0.381 e. The predicted molar refractivity (Wildman–Crippen MR) is 92.4 cm³/mol. The van der Waals surface area contributed by atoms with E-state index in [1.165, 1.54) is 38.8 Å². The van der Waals surface area contributed by atoms with Gasteiger partial charge in [0.05, 0.1) is 0 Å². The highest BCUT2D eigenvalue weighted by Gasteiger charge is 2.20. The first-order valence-electron chi connectivity index (χ1n) is 9.06. The highest BCUT2D eigenvalue weighted by Crippen LogP contribution is 2.28. The summed E-state index contributed by atoms with van der Waals surface area (Å²) in [4.78, 5) is 7.17. The molecule has 0 aromatic rings. The third kappa shape index (κ3) is 7.45. The van der Waals surface area contributed by atoms with Gasteiger partial charge in [0.1, 0.15) is 0 Å². The van der Waals surface area contributed by atoms with Crippen LogP contribution in [0, 0.1) is 11.8 Å². The lowest BCUT2D eigenvalue weighted by atomic mass is 9.99. The van der Waals surface area contributed by atoms with Gasteiger partial charge in [0.2, 0.25) is 0 Å². The van der Waals surface area contributed by atoms with Crippen LogP contribution in [0.2, 0.25) is 0 Å². The van der Waals surface area contributed by atoms with Crippen LogP contribution in [0.1, 0.15) is 39.0 Å². The van der Waals surface area contributed by atoms with E-state index in [9.17, 15) is 0 Å². The van der Waals surface area contributed by atoms with Crippen molar-refractivity contribution in [3.63, 3.8) is 0 Å². The van der Waals surface area contributed by atoms with Gasteiger partial charge in [0.15, 0.2) is 5.96 Å². The predicted octanol–water partition coefficient (Wildman–Crippen LogP) is 1.70. The van der Waals surface area contributed by atoms with Gasteiger partial charge in [-0.2, -0.15) is 0 Å². The number of nitrogens with one attached hydrogen (secondary N) is 2. The van der Waals surface area contributed by atoms with Gasteiger partial charge in [-0.25, -0.2) is 0 Å². The maximum atomic E-state index is 5.66. The molecule has 0 amide bonds. The molecule has 1 aliphatic heterocycles. The fourth-order valence-electron chi connectivity index (χ4n) is 2.90. The first-order chi connectivity index (χ1) is 10.8. The molecule has 1 unspecified atom stereocenters. The van der Waals surface area contributed by atoms with Crippen molar-refractivity contribution in [2.45, 2.75) is 39.0 Å². The number of likely N-dealkylation sites (tertiary alicyclic amines) is 1. The van der Waals surface area contributed by atoms with Crippen LogP contribution in [-0.2, 0) is 4.74 Å². The van der Waals surface area contributed by atoms with Crippen LogP contribution < -0.4 is 10.6 Å². The summed E-state index contributed by atoms with van der Waals surface area (Å²) >= 11 is 0. The van der Waals surface area contributed by atoms with E-state index in [0.29, 0.717) is 5.92 Å². The molecule has 2 fully saturated rings. The van der Waals surface area contributed by atoms with Crippen LogP contribution in [0.3, 0.4) is 0 Å². The molecule has 0 aromatic carbocycles. The molecule has 0 bridgehead atoms. The van der Waals surface area contributed by atoms with Gasteiger partial charge in [-0.3, -0.25) is 4.99 Å². The zero-order valence-corrected chi connectivity index (χ0v) is 14.4. The molecule has 2 rings (SSSR count). The summed E-state index contributed by atoms with van der Waals surface area (Å²) in [6.45, 7) is 9.12. The maximum Gasteiger partial charge on any atom is 0.191 e. The van der Waals surface area contributed by atoms with E-state index < -0.39 is 0 Å². The molecular formula is C17H34N4O. The number of piperidine rings is 1. The second-order valence-corrected chi connectivity index (χ2v) is 6.79. The summed E-state index contributed by atoms with van der Waals surface area (Å²) in [6, 6.07) is 0. The Bertz CT molecular complexity index is 331. The standard InChI is InChI=1S/C17H34N4O/c1-3-18-17(19-9-5-11-22-14-15-7-8-15)20-12-16-6-4-10-21(2)13-16/h15-16H,3-14H2,1-2H3,(H2,18,19,20). The second-order valence-electron chi connectivity index (χ2n) is 6.79. The number of ether oxygens (including phenoxy) is 1. The molecule has 0 aromatic heterocycles. The van der Waals surface area contributed by atoms with Crippen LogP contribution in [0.15, 0.2) is 4.99 Å². The fourth-order valence-corrected chi connectivity index (χ4v) is 2.90. The normalized spacial score (nSPS) is 23.5. The van der Waals surface area contributed by atoms with Crippen LogP contribution in [0.4, 0.5) is 0 Å². The number of aliphatic imine (C=N–C) groups is 1. The first kappa shape index (κ1) is 17.5. The van der Waals surface area contributed by atoms with Gasteiger partial charge in [-0.05, 0) is 64.5 Å². The molecule has 22 heavy (non-hydrogen) atoms. The molecule has 1 atom stereocenters. The third-order valence-corrected chi connectivity index (χ3v) is 4.38. The summed E-state index contributed by atoms with van der Waals surface area (Å²) in [5, 5.41) is 6.76. The number of rotatable bonds is 9. The van der Waals surface area contributed by atoms with Crippen molar-refractivity contribution in [3.05, 3.63) is 0 Å². The molecule has 2 aliphatic rings. The lowest BCUT2D eigenvalue weighted by molar-refractivity contribution is 0.123. The third-order valence-electron chi connectivity index (χ3n) is 4.38. The van der Waals surface area contributed by atoms with Gasteiger partial charge in [0, 0.05) is 39.4 Å². The Balaban J connectivity index is 1.58. The Hall–Kier alpha value is -0.810. The Morgan fingerprint density at radius 3 is 2.82 bits per heavy atom. The van der Waals surface area contributed by atoms with Gasteiger partial charge in [-0.1, -0.05) is 0 Å². The van der Waals surface area contributed by atoms with Gasteiger partial charge >= 0.3 is 0 Å². The molecule has 128 valence electrons. The Kier molecular flexibility index (Phi) is 8.02. The number of hydrogen-bond donors (Lipinski definition) is 2. The van der Waals surface area contributed by atoms with Crippen LogP contribution >= 0.6 is 0 Å². The minimum atomic E-state index is 0.705. The quantitative estimate of drug-likeness (QED) is 0.387. The Labute approximate surface area is 135 Å². The van der Waals surface area contributed by atoms with E-state index in [0.717, 1.165) is 51.1 Å². The summed E-state index contributed by atoms with van der Waals surface area (Å²) in [5.41, 5.74) is 0. The molecule has 1 saturated carbocycles. The zero-order chi connectivity index (χ0) is 15.6. The van der Waals surface area contributed by atoms with Crippen molar-refractivity contribution in [1.82, 2.24) is 15.5 Å². The number of nitrogens with zero attached hydrogens (tertiary/aromatic N) is 2. The average Bonchev–Trinajstić information content (AvgIpc) is 3.32. The lowest BCUT2D eigenvalue weighted by Gasteiger charge is -2.28. The molecule has 0 spiro atoms. The first-order valence-corrected chi connectivity index (χ1v) is 9.06. The average molecular weight is 310 g/mol. The smallest absolute Gasteiger partial charge is 0.191 e. The van der Waals surface area contributed by atoms with Gasteiger partial charge in [0.25, 0.3) is 0 Å². The Morgan fingerprint density at radius 1 is 1.23 bits per heavy atom. The fraction of sp³-hybridized carbons (Fsp3) is 0.941.